The molecule has 3 aromatic carbocycles. The minimum atomic E-state index is -1.29. The molecule has 0 saturated heterocycles. The molecule has 0 spiro atoms. The van der Waals surface area contributed by atoms with Crippen LogP contribution in [0.5, 0.6) is 0 Å². The van der Waals surface area contributed by atoms with Crippen LogP contribution in [-0.2, 0) is 5.60 Å². The fraction of sp³-hybridized carbons (Fsp3) is 0.242. The van der Waals surface area contributed by atoms with Crippen molar-refractivity contribution >= 4 is 35.7 Å². The molecule has 0 bridgehead atoms. The van der Waals surface area contributed by atoms with Crippen LogP contribution in [0.25, 0.3) is 16.5 Å². The number of anilines is 1. The summed E-state index contributed by atoms with van der Waals surface area (Å²) in [6, 6.07) is 24.9. The molecule has 6 rings (SSSR count). The zero-order valence-corrected chi connectivity index (χ0v) is 22.8. The second-order valence-electron chi connectivity index (χ2n) is 10.9. The van der Waals surface area contributed by atoms with E-state index >= 15 is 0 Å². The van der Waals surface area contributed by atoms with Gasteiger partial charge >= 0.3 is 0 Å². The first kappa shape index (κ1) is 26.0. The summed E-state index contributed by atoms with van der Waals surface area (Å²) in [6.07, 6.45) is 5.54. The van der Waals surface area contributed by atoms with E-state index in [9.17, 15) is 9.90 Å². The minimum Gasteiger partial charge on any atom is -0.379 e. The fourth-order valence-corrected chi connectivity index (χ4v) is 5.30. The Hall–Kier alpha value is -4.23. The highest BCUT2D eigenvalue weighted by Crippen LogP contribution is 2.40. The molecule has 2 N–H and O–H groups in total. The summed E-state index contributed by atoms with van der Waals surface area (Å²) in [4.78, 5) is 18.1. The average Bonchev–Trinajstić information content (AvgIpc) is 3.72. The number of fused-ring (bicyclic) bond motifs is 1. The van der Waals surface area contributed by atoms with Crippen LogP contribution in [0, 0.1) is 19.8 Å². The summed E-state index contributed by atoms with van der Waals surface area (Å²) in [5.41, 5.74) is 3.87. The highest BCUT2D eigenvalue weighted by Gasteiger charge is 2.35. The van der Waals surface area contributed by atoms with Crippen molar-refractivity contribution in [1.82, 2.24) is 14.8 Å². The maximum absolute atomic E-state index is 13.6. The summed E-state index contributed by atoms with van der Waals surface area (Å²) in [6.45, 7) is 3.93. The number of amides is 1. The van der Waals surface area contributed by atoms with Gasteiger partial charge in [0.25, 0.3) is 5.91 Å². The van der Waals surface area contributed by atoms with Gasteiger partial charge in [-0.15, -0.1) is 0 Å². The molecule has 2 heterocycles. The molecular formula is C33H31BN4O2. The third kappa shape index (κ3) is 5.17. The molecule has 1 unspecified atom stereocenters. The van der Waals surface area contributed by atoms with Crippen LogP contribution >= 0.6 is 0 Å². The lowest BCUT2D eigenvalue weighted by Crippen LogP contribution is -2.30. The number of aryl methyl sites for hydroxylation is 2. The van der Waals surface area contributed by atoms with Gasteiger partial charge in [-0.3, -0.25) is 9.78 Å². The zero-order chi connectivity index (χ0) is 27.9. The van der Waals surface area contributed by atoms with Crippen molar-refractivity contribution in [1.29, 1.82) is 0 Å². The van der Waals surface area contributed by atoms with E-state index in [1.165, 1.54) is 18.4 Å². The molecular weight excluding hydrogens is 495 g/mol. The minimum absolute atomic E-state index is 0.340. The molecule has 2 aromatic heterocycles. The van der Waals surface area contributed by atoms with E-state index in [0.717, 1.165) is 28.6 Å². The smallest absolute Gasteiger partial charge is 0.274 e. The van der Waals surface area contributed by atoms with Crippen molar-refractivity contribution in [2.75, 3.05) is 5.32 Å². The Kier molecular flexibility index (Phi) is 6.76. The number of hydrogen-bond acceptors (Lipinski definition) is 4. The van der Waals surface area contributed by atoms with Gasteiger partial charge in [0.15, 0.2) is 0 Å². The predicted octanol–water partition coefficient (Wildman–Crippen LogP) is 5.51. The first-order valence-electron chi connectivity index (χ1n) is 13.7. The largest absolute Gasteiger partial charge is 0.379 e. The summed E-state index contributed by atoms with van der Waals surface area (Å²) < 4.78 is 1.66. The predicted molar refractivity (Wildman–Crippen MR) is 160 cm³/mol. The second kappa shape index (κ2) is 10.4. The average molecular weight is 526 g/mol. The highest BCUT2D eigenvalue weighted by molar-refractivity contribution is 6.36. The lowest BCUT2D eigenvalue weighted by Gasteiger charge is -2.29. The van der Waals surface area contributed by atoms with Gasteiger partial charge in [0, 0.05) is 11.9 Å². The van der Waals surface area contributed by atoms with Crippen LogP contribution in [0.3, 0.4) is 0 Å². The Labute approximate surface area is 235 Å². The van der Waals surface area contributed by atoms with Gasteiger partial charge in [-0.1, -0.05) is 66.3 Å². The van der Waals surface area contributed by atoms with Crippen molar-refractivity contribution in [3.63, 3.8) is 0 Å². The number of benzene rings is 3. The number of hydrogen-bond donors (Lipinski definition) is 2. The molecule has 6 nitrogen and oxygen atoms in total. The number of carbonyl (C=O) groups is 1. The van der Waals surface area contributed by atoms with Crippen molar-refractivity contribution in [3.8, 4) is 5.69 Å². The van der Waals surface area contributed by atoms with E-state index in [4.69, 9.17) is 7.85 Å². The Balaban J connectivity index is 1.33. The molecule has 40 heavy (non-hydrogen) atoms. The SMILES string of the molecule is [B]c1ccc(C(O)(CCC2CC2)c2ccccn2)cc1NC(=O)c1cc(C)nn1-c1ccc2cc(C)ccc2c1. The molecule has 5 aromatic rings. The van der Waals surface area contributed by atoms with Crippen molar-refractivity contribution in [3.05, 3.63) is 113 Å². The van der Waals surface area contributed by atoms with Crippen molar-refractivity contribution in [2.24, 2.45) is 5.92 Å². The maximum atomic E-state index is 13.6. The number of nitrogens with one attached hydrogen (secondary N) is 1. The number of aliphatic hydroxyl groups is 1. The molecule has 1 aliphatic rings. The van der Waals surface area contributed by atoms with Crippen LogP contribution in [0.4, 0.5) is 5.69 Å². The molecule has 2 radical (unpaired) electrons. The first-order valence-corrected chi connectivity index (χ1v) is 13.7. The Bertz CT molecular complexity index is 1710. The normalized spacial score (nSPS) is 14.7. The van der Waals surface area contributed by atoms with Crippen molar-refractivity contribution < 1.29 is 9.90 Å². The molecule has 1 fully saturated rings. The molecule has 7 heteroatoms. The maximum Gasteiger partial charge on any atom is 0.274 e. The fourth-order valence-electron chi connectivity index (χ4n) is 5.30. The van der Waals surface area contributed by atoms with E-state index in [1.807, 2.05) is 49.4 Å². The van der Waals surface area contributed by atoms with Crippen LogP contribution in [0.15, 0.2) is 85.1 Å². The van der Waals surface area contributed by atoms with Gasteiger partial charge in [0.1, 0.15) is 19.1 Å². The standard InChI is InChI=1S/C33H31BN4O2/c1-21-6-9-25-19-27(12-10-24(25)17-21)38-30(18-22(2)37-38)32(39)36-29-20-26(11-13-28(29)34)33(40,15-14-23-7-8-23)31-5-3-4-16-35-31/h3-6,9-13,16-20,23,40H,7-8,14-15H2,1-2H3,(H,36,39). The number of aromatic nitrogens is 3. The van der Waals surface area contributed by atoms with E-state index in [2.05, 4.69) is 40.5 Å². The van der Waals surface area contributed by atoms with Crippen LogP contribution in [-0.4, -0.2) is 33.6 Å². The number of nitrogens with zero attached hydrogens (tertiary/aromatic N) is 3. The quantitative estimate of drug-likeness (QED) is 0.262. The van der Waals surface area contributed by atoms with Gasteiger partial charge in [-0.2, -0.15) is 5.10 Å². The van der Waals surface area contributed by atoms with E-state index in [1.54, 1.807) is 29.1 Å². The van der Waals surface area contributed by atoms with Crippen LogP contribution < -0.4 is 10.8 Å². The van der Waals surface area contributed by atoms with Gasteiger partial charge < -0.3 is 10.4 Å². The summed E-state index contributed by atoms with van der Waals surface area (Å²) >= 11 is 0. The van der Waals surface area contributed by atoms with Gasteiger partial charge in [-0.05, 0) is 85.3 Å². The molecule has 1 atom stereocenters. The summed E-state index contributed by atoms with van der Waals surface area (Å²) in [7, 11) is 6.32. The first-order chi connectivity index (χ1) is 19.3. The Morgan fingerprint density at radius 1 is 1.02 bits per heavy atom. The highest BCUT2D eigenvalue weighted by atomic mass is 16.3. The zero-order valence-electron chi connectivity index (χ0n) is 22.8. The third-order valence-electron chi connectivity index (χ3n) is 7.77. The molecule has 1 amide bonds. The van der Waals surface area contributed by atoms with E-state index in [-0.39, 0.29) is 5.91 Å². The molecule has 1 saturated carbocycles. The number of carbonyl (C=O) groups excluding carboxylic acids is 1. The topological polar surface area (TPSA) is 80.0 Å². The Morgan fingerprint density at radius 3 is 2.60 bits per heavy atom. The third-order valence-corrected chi connectivity index (χ3v) is 7.77. The van der Waals surface area contributed by atoms with E-state index < -0.39 is 5.60 Å². The molecule has 198 valence electrons. The summed E-state index contributed by atoms with van der Waals surface area (Å²) in [5, 5.41) is 21.8. The summed E-state index contributed by atoms with van der Waals surface area (Å²) in [5.74, 6) is 0.304. The molecule has 1 aliphatic carbocycles. The number of pyridine rings is 1. The van der Waals surface area contributed by atoms with Gasteiger partial charge in [0.2, 0.25) is 0 Å². The monoisotopic (exact) mass is 526 g/mol. The van der Waals surface area contributed by atoms with Gasteiger partial charge in [-0.25, -0.2) is 4.68 Å². The lowest BCUT2D eigenvalue weighted by atomic mass is 9.82. The van der Waals surface area contributed by atoms with Gasteiger partial charge in [0.05, 0.1) is 17.1 Å². The van der Waals surface area contributed by atoms with Crippen LogP contribution in [0.2, 0.25) is 0 Å². The second-order valence-corrected chi connectivity index (χ2v) is 10.9. The van der Waals surface area contributed by atoms with Crippen LogP contribution in [0.1, 0.15) is 58.7 Å². The van der Waals surface area contributed by atoms with E-state index in [0.29, 0.717) is 40.4 Å². The Morgan fingerprint density at radius 2 is 1.82 bits per heavy atom. The number of rotatable bonds is 8. The molecule has 0 aliphatic heterocycles. The van der Waals surface area contributed by atoms with Crippen molar-refractivity contribution in [2.45, 2.75) is 45.1 Å². The lowest BCUT2D eigenvalue weighted by molar-refractivity contribution is 0.0625.